The van der Waals surface area contributed by atoms with Gasteiger partial charge in [0.2, 0.25) is 0 Å². The van der Waals surface area contributed by atoms with Gasteiger partial charge in [-0.2, -0.15) is 0 Å². The first-order valence-electron chi connectivity index (χ1n) is 7.09. The van der Waals surface area contributed by atoms with E-state index in [1.165, 1.54) is 0 Å². The van der Waals surface area contributed by atoms with Crippen LogP contribution in [0.25, 0.3) is 11.3 Å². The zero-order valence-corrected chi connectivity index (χ0v) is 12.0. The van der Waals surface area contributed by atoms with Crippen molar-refractivity contribution in [3.63, 3.8) is 0 Å². The maximum Gasteiger partial charge on any atom is 0.151 e. The summed E-state index contributed by atoms with van der Waals surface area (Å²) in [6, 6.07) is 12.5. The number of rotatable bonds is 3. The van der Waals surface area contributed by atoms with E-state index in [2.05, 4.69) is 23.9 Å². The molecule has 1 saturated heterocycles. The predicted octanol–water partition coefficient (Wildman–Crippen LogP) is 2.95. The fourth-order valence-electron chi connectivity index (χ4n) is 2.52. The first-order chi connectivity index (χ1) is 9.72. The number of benzene rings is 1. The zero-order chi connectivity index (χ0) is 13.9. The van der Waals surface area contributed by atoms with Crippen LogP contribution in [0.4, 0.5) is 0 Å². The molecule has 2 unspecified atom stereocenters. The van der Waals surface area contributed by atoms with Gasteiger partial charge in [-0.25, -0.2) is 0 Å². The SMILES string of the molecule is CC1CN(Cc2cc(-c3ccccc3)no2)C(C)CO1. The Morgan fingerprint density at radius 1 is 1.25 bits per heavy atom. The van der Waals surface area contributed by atoms with Crippen molar-refractivity contribution in [2.45, 2.75) is 32.5 Å². The third kappa shape index (κ3) is 2.92. The van der Waals surface area contributed by atoms with Crippen LogP contribution in [-0.2, 0) is 11.3 Å². The molecule has 0 N–H and O–H groups in total. The second-order valence-corrected chi connectivity index (χ2v) is 5.47. The largest absolute Gasteiger partial charge is 0.376 e. The summed E-state index contributed by atoms with van der Waals surface area (Å²) in [7, 11) is 0. The van der Waals surface area contributed by atoms with Crippen LogP contribution in [0, 0.1) is 0 Å². The van der Waals surface area contributed by atoms with Crippen molar-refractivity contribution in [2.75, 3.05) is 13.2 Å². The Bertz CT molecular complexity index is 553. The van der Waals surface area contributed by atoms with E-state index in [0.29, 0.717) is 6.04 Å². The van der Waals surface area contributed by atoms with E-state index in [9.17, 15) is 0 Å². The number of hydrogen-bond donors (Lipinski definition) is 0. The molecule has 1 aromatic carbocycles. The van der Waals surface area contributed by atoms with Crippen LogP contribution in [-0.4, -0.2) is 35.4 Å². The average Bonchev–Trinajstić information content (AvgIpc) is 2.92. The Balaban J connectivity index is 1.71. The summed E-state index contributed by atoms with van der Waals surface area (Å²) in [6.45, 7) is 6.78. The van der Waals surface area contributed by atoms with Crippen molar-refractivity contribution in [3.05, 3.63) is 42.2 Å². The molecule has 1 fully saturated rings. The van der Waals surface area contributed by atoms with Gasteiger partial charge in [0.15, 0.2) is 5.76 Å². The van der Waals surface area contributed by atoms with Gasteiger partial charge in [0.1, 0.15) is 5.69 Å². The van der Waals surface area contributed by atoms with E-state index in [4.69, 9.17) is 9.26 Å². The summed E-state index contributed by atoms with van der Waals surface area (Å²) in [5.41, 5.74) is 1.99. The normalized spacial score (nSPS) is 23.9. The van der Waals surface area contributed by atoms with Gasteiger partial charge in [-0.1, -0.05) is 35.5 Å². The fraction of sp³-hybridized carbons (Fsp3) is 0.438. The molecule has 20 heavy (non-hydrogen) atoms. The van der Waals surface area contributed by atoms with Crippen LogP contribution >= 0.6 is 0 Å². The van der Waals surface area contributed by atoms with Gasteiger partial charge < -0.3 is 9.26 Å². The van der Waals surface area contributed by atoms with E-state index in [1.54, 1.807) is 0 Å². The van der Waals surface area contributed by atoms with E-state index >= 15 is 0 Å². The summed E-state index contributed by atoms with van der Waals surface area (Å²) in [4.78, 5) is 2.38. The second-order valence-electron chi connectivity index (χ2n) is 5.47. The van der Waals surface area contributed by atoms with Crippen molar-refractivity contribution in [1.29, 1.82) is 0 Å². The van der Waals surface area contributed by atoms with E-state index in [0.717, 1.165) is 36.7 Å². The molecule has 2 heterocycles. The third-order valence-corrected chi connectivity index (χ3v) is 3.72. The maximum absolute atomic E-state index is 5.64. The van der Waals surface area contributed by atoms with Crippen molar-refractivity contribution in [1.82, 2.24) is 10.1 Å². The van der Waals surface area contributed by atoms with Gasteiger partial charge >= 0.3 is 0 Å². The van der Waals surface area contributed by atoms with Gasteiger partial charge in [-0.3, -0.25) is 4.90 Å². The minimum Gasteiger partial charge on any atom is -0.376 e. The molecule has 1 aliphatic heterocycles. The molecule has 106 valence electrons. The third-order valence-electron chi connectivity index (χ3n) is 3.72. The quantitative estimate of drug-likeness (QED) is 0.861. The van der Waals surface area contributed by atoms with E-state index in [-0.39, 0.29) is 6.10 Å². The van der Waals surface area contributed by atoms with E-state index < -0.39 is 0 Å². The first kappa shape index (κ1) is 13.3. The molecule has 4 heteroatoms. The molecule has 0 amide bonds. The van der Waals surface area contributed by atoms with Gasteiger partial charge in [0.05, 0.1) is 19.3 Å². The van der Waals surface area contributed by atoms with Crippen molar-refractivity contribution >= 4 is 0 Å². The fourth-order valence-corrected chi connectivity index (χ4v) is 2.52. The van der Waals surface area contributed by atoms with Crippen LogP contribution in [0.1, 0.15) is 19.6 Å². The monoisotopic (exact) mass is 272 g/mol. The number of ether oxygens (including phenoxy) is 1. The molecule has 0 saturated carbocycles. The van der Waals surface area contributed by atoms with Crippen molar-refractivity contribution in [3.8, 4) is 11.3 Å². The van der Waals surface area contributed by atoms with Crippen LogP contribution < -0.4 is 0 Å². The lowest BCUT2D eigenvalue weighted by atomic mass is 10.1. The molecular weight excluding hydrogens is 252 g/mol. The maximum atomic E-state index is 5.64. The minimum absolute atomic E-state index is 0.280. The lowest BCUT2D eigenvalue weighted by Crippen LogP contribution is -2.46. The summed E-state index contributed by atoms with van der Waals surface area (Å²) >= 11 is 0. The van der Waals surface area contributed by atoms with Crippen LogP contribution in [0.2, 0.25) is 0 Å². The predicted molar refractivity (Wildman–Crippen MR) is 77.2 cm³/mol. The molecular formula is C16H20N2O2. The first-order valence-corrected chi connectivity index (χ1v) is 7.09. The highest BCUT2D eigenvalue weighted by atomic mass is 16.5. The summed E-state index contributed by atoms with van der Waals surface area (Å²) < 4.78 is 11.1. The van der Waals surface area contributed by atoms with E-state index in [1.807, 2.05) is 36.4 Å². The Morgan fingerprint density at radius 3 is 2.85 bits per heavy atom. The van der Waals surface area contributed by atoms with Gasteiger partial charge in [-0.05, 0) is 13.8 Å². The highest BCUT2D eigenvalue weighted by Gasteiger charge is 2.24. The van der Waals surface area contributed by atoms with Crippen LogP contribution in [0.15, 0.2) is 40.9 Å². The molecule has 4 nitrogen and oxygen atoms in total. The molecule has 0 spiro atoms. The summed E-state index contributed by atoms with van der Waals surface area (Å²) in [5.74, 6) is 0.907. The molecule has 0 aliphatic carbocycles. The Labute approximate surface area is 119 Å². The smallest absolute Gasteiger partial charge is 0.151 e. The van der Waals surface area contributed by atoms with Crippen LogP contribution in [0.5, 0.6) is 0 Å². The summed E-state index contributed by atoms with van der Waals surface area (Å²) in [6.07, 6.45) is 0.280. The lowest BCUT2D eigenvalue weighted by Gasteiger charge is -2.35. The van der Waals surface area contributed by atoms with Gasteiger partial charge in [-0.15, -0.1) is 0 Å². The van der Waals surface area contributed by atoms with Gasteiger partial charge in [0.25, 0.3) is 0 Å². The van der Waals surface area contributed by atoms with Gasteiger partial charge in [0, 0.05) is 24.2 Å². The molecule has 3 rings (SSSR count). The van der Waals surface area contributed by atoms with Crippen molar-refractivity contribution < 1.29 is 9.26 Å². The molecule has 0 bridgehead atoms. The Kier molecular flexibility index (Phi) is 3.85. The standard InChI is InChI=1S/C16H20N2O2/c1-12-11-19-13(2)9-18(12)10-15-8-16(17-20-15)14-6-4-3-5-7-14/h3-8,12-13H,9-11H2,1-2H3. The highest BCUT2D eigenvalue weighted by molar-refractivity contribution is 5.58. The number of aromatic nitrogens is 1. The van der Waals surface area contributed by atoms with Crippen LogP contribution in [0.3, 0.4) is 0 Å². The molecule has 1 aliphatic rings. The molecule has 0 radical (unpaired) electrons. The zero-order valence-electron chi connectivity index (χ0n) is 12.0. The Morgan fingerprint density at radius 2 is 2.05 bits per heavy atom. The highest BCUT2D eigenvalue weighted by Crippen LogP contribution is 2.21. The topological polar surface area (TPSA) is 38.5 Å². The van der Waals surface area contributed by atoms with Crippen molar-refractivity contribution in [2.24, 2.45) is 0 Å². The second kappa shape index (κ2) is 5.77. The summed E-state index contributed by atoms with van der Waals surface area (Å²) in [5, 5.41) is 4.16. The number of nitrogens with zero attached hydrogens (tertiary/aromatic N) is 2. The number of hydrogen-bond acceptors (Lipinski definition) is 4. The lowest BCUT2D eigenvalue weighted by molar-refractivity contribution is -0.0550. The molecule has 2 aromatic rings. The number of morpholine rings is 1. The average molecular weight is 272 g/mol. The Hall–Kier alpha value is -1.65. The molecule has 2 atom stereocenters. The molecule has 1 aromatic heterocycles. The minimum atomic E-state index is 0.280.